The van der Waals surface area contributed by atoms with Gasteiger partial charge in [0.05, 0.1) is 17.5 Å². The average Bonchev–Trinajstić information content (AvgIpc) is 3.04. The highest BCUT2D eigenvalue weighted by Crippen LogP contribution is 2.26. The number of hydrogen-bond acceptors (Lipinski definition) is 3. The topological polar surface area (TPSA) is 79.5 Å². The van der Waals surface area contributed by atoms with E-state index in [9.17, 15) is 14.0 Å². The van der Waals surface area contributed by atoms with E-state index >= 15 is 0 Å². The highest BCUT2D eigenvalue weighted by Gasteiger charge is 2.32. The van der Waals surface area contributed by atoms with Gasteiger partial charge < -0.3 is 14.8 Å². The van der Waals surface area contributed by atoms with Crippen molar-refractivity contribution >= 4 is 11.9 Å². The Morgan fingerprint density at radius 3 is 2.42 bits per heavy atom. The second kappa shape index (κ2) is 7.29. The third-order valence-electron chi connectivity index (χ3n) is 4.19. The molecule has 0 unspecified atom stereocenters. The van der Waals surface area contributed by atoms with Gasteiger partial charge in [-0.25, -0.2) is 4.39 Å². The van der Waals surface area contributed by atoms with Gasteiger partial charge in [-0.1, -0.05) is 26.0 Å². The number of carboxylic acid groups (broad SMARTS) is 1. The minimum absolute atomic E-state index is 0.0184. The lowest BCUT2D eigenvalue weighted by Gasteiger charge is -2.30. The van der Waals surface area contributed by atoms with Crippen molar-refractivity contribution in [3.8, 4) is 11.3 Å². The molecule has 0 radical (unpaired) electrons. The zero-order chi connectivity index (χ0) is 17.7. The maximum Gasteiger partial charge on any atom is 0.305 e. The molecular weight excluding hydrogens is 313 g/mol. The summed E-state index contributed by atoms with van der Waals surface area (Å²) in [5.41, 5.74) is -0.576. The van der Waals surface area contributed by atoms with Crippen LogP contribution in [0.25, 0.3) is 11.3 Å². The fourth-order valence-corrected chi connectivity index (χ4v) is 2.58. The largest absolute Gasteiger partial charge is 0.481 e. The van der Waals surface area contributed by atoms with Gasteiger partial charge in [-0.05, 0) is 37.1 Å². The molecule has 0 bridgehead atoms. The molecule has 0 fully saturated rings. The van der Waals surface area contributed by atoms with Crippen LogP contribution in [0.1, 0.15) is 43.7 Å². The number of halogens is 1. The van der Waals surface area contributed by atoms with Crippen LogP contribution in [-0.4, -0.2) is 22.5 Å². The van der Waals surface area contributed by atoms with Crippen molar-refractivity contribution in [2.75, 3.05) is 0 Å². The number of aliphatic carboxylic acids is 1. The molecule has 2 aromatic rings. The molecule has 1 aromatic carbocycles. The smallest absolute Gasteiger partial charge is 0.305 e. The van der Waals surface area contributed by atoms with Crippen LogP contribution in [0.4, 0.5) is 4.39 Å². The molecule has 0 aliphatic heterocycles. The molecule has 24 heavy (non-hydrogen) atoms. The van der Waals surface area contributed by atoms with E-state index in [1.54, 1.807) is 18.2 Å². The fourth-order valence-electron chi connectivity index (χ4n) is 2.58. The molecule has 0 aliphatic rings. The fraction of sp³-hybridized carbons (Fsp3) is 0.333. The number of nitrogens with one attached hydrogen (secondary N) is 1. The average molecular weight is 333 g/mol. The van der Waals surface area contributed by atoms with E-state index in [0.29, 0.717) is 12.8 Å². The molecule has 0 spiro atoms. The minimum Gasteiger partial charge on any atom is -0.481 e. The van der Waals surface area contributed by atoms with Crippen LogP contribution >= 0.6 is 0 Å². The summed E-state index contributed by atoms with van der Waals surface area (Å²) >= 11 is 0. The molecule has 2 rings (SSSR count). The highest BCUT2D eigenvalue weighted by atomic mass is 19.1. The first kappa shape index (κ1) is 17.7. The molecule has 0 saturated heterocycles. The normalized spacial score (nSPS) is 11.3. The van der Waals surface area contributed by atoms with Gasteiger partial charge in [0, 0.05) is 0 Å². The summed E-state index contributed by atoms with van der Waals surface area (Å²) in [6, 6.07) is 9.08. The molecule has 5 nitrogen and oxygen atoms in total. The van der Waals surface area contributed by atoms with Gasteiger partial charge in [0.2, 0.25) is 0 Å². The molecule has 128 valence electrons. The number of furan rings is 1. The third-order valence-corrected chi connectivity index (χ3v) is 4.19. The maximum absolute atomic E-state index is 13.8. The zero-order valence-corrected chi connectivity index (χ0v) is 13.6. The lowest BCUT2D eigenvalue weighted by Crippen LogP contribution is -2.49. The number of benzene rings is 1. The Hall–Kier alpha value is -2.63. The molecular formula is C18H20FNO4. The first-order chi connectivity index (χ1) is 11.4. The molecule has 6 heteroatoms. The molecule has 0 aliphatic carbocycles. The lowest BCUT2D eigenvalue weighted by atomic mass is 9.89. The maximum atomic E-state index is 13.8. The Morgan fingerprint density at radius 1 is 1.17 bits per heavy atom. The van der Waals surface area contributed by atoms with Crippen molar-refractivity contribution in [3.63, 3.8) is 0 Å². The van der Waals surface area contributed by atoms with E-state index in [1.165, 1.54) is 18.2 Å². The minimum atomic E-state index is -0.981. The summed E-state index contributed by atoms with van der Waals surface area (Å²) in [7, 11) is 0. The predicted octanol–water partition coefficient (Wildman–Crippen LogP) is 3.85. The Labute approximate surface area is 139 Å². The van der Waals surface area contributed by atoms with Crippen LogP contribution in [0.3, 0.4) is 0 Å². The van der Waals surface area contributed by atoms with Gasteiger partial charge in [-0.3, -0.25) is 9.59 Å². The van der Waals surface area contributed by atoms with Crippen molar-refractivity contribution in [1.82, 2.24) is 5.32 Å². The van der Waals surface area contributed by atoms with E-state index in [2.05, 4.69) is 5.32 Å². The highest BCUT2D eigenvalue weighted by molar-refractivity contribution is 5.93. The summed E-state index contributed by atoms with van der Waals surface area (Å²) in [5, 5.41) is 11.8. The molecule has 0 atom stereocenters. The Bertz CT molecular complexity index is 734. The van der Waals surface area contributed by atoms with Gasteiger partial charge in [-0.15, -0.1) is 0 Å². The van der Waals surface area contributed by atoms with E-state index in [-0.39, 0.29) is 23.5 Å². The number of carbonyl (C=O) groups excluding carboxylic acids is 1. The van der Waals surface area contributed by atoms with Crippen molar-refractivity contribution < 1.29 is 23.5 Å². The van der Waals surface area contributed by atoms with Crippen LogP contribution < -0.4 is 5.32 Å². The van der Waals surface area contributed by atoms with E-state index in [1.807, 2.05) is 13.8 Å². The Morgan fingerprint density at radius 2 is 1.83 bits per heavy atom. The zero-order valence-electron chi connectivity index (χ0n) is 13.6. The van der Waals surface area contributed by atoms with Crippen LogP contribution in [0.5, 0.6) is 0 Å². The summed E-state index contributed by atoms with van der Waals surface area (Å²) < 4.78 is 19.2. The van der Waals surface area contributed by atoms with Crippen LogP contribution in [0, 0.1) is 5.82 Å². The van der Waals surface area contributed by atoms with Crippen molar-refractivity contribution in [1.29, 1.82) is 0 Å². The first-order valence-corrected chi connectivity index (χ1v) is 7.80. The summed E-state index contributed by atoms with van der Waals surface area (Å²) in [4.78, 5) is 23.5. The second-order valence-electron chi connectivity index (χ2n) is 5.66. The summed E-state index contributed by atoms with van der Waals surface area (Å²) in [6.45, 7) is 3.64. The predicted molar refractivity (Wildman–Crippen MR) is 87.1 cm³/mol. The van der Waals surface area contributed by atoms with E-state index in [0.717, 1.165) is 0 Å². The number of amides is 1. The number of hydrogen-bond donors (Lipinski definition) is 2. The molecule has 0 saturated carbocycles. The molecule has 2 N–H and O–H groups in total. The van der Waals surface area contributed by atoms with E-state index in [4.69, 9.17) is 9.52 Å². The molecule has 1 amide bonds. The van der Waals surface area contributed by atoms with Gasteiger partial charge in [0.15, 0.2) is 5.76 Å². The summed E-state index contributed by atoms with van der Waals surface area (Å²) in [6.07, 6.45) is 0.775. The van der Waals surface area contributed by atoms with Crippen molar-refractivity contribution in [3.05, 3.63) is 48.0 Å². The van der Waals surface area contributed by atoms with Crippen LogP contribution in [0.15, 0.2) is 40.8 Å². The first-order valence-electron chi connectivity index (χ1n) is 7.80. The Balaban J connectivity index is 2.22. The molecule has 1 aromatic heterocycles. The quantitative estimate of drug-likeness (QED) is 0.806. The number of carboxylic acids is 1. The number of rotatable bonds is 7. The van der Waals surface area contributed by atoms with Gasteiger partial charge in [-0.2, -0.15) is 0 Å². The van der Waals surface area contributed by atoms with Crippen molar-refractivity contribution in [2.24, 2.45) is 0 Å². The lowest BCUT2D eigenvalue weighted by molar-refractivity contribution is -0.138. The molecule has 1 heterocycles. The van der Waals surface area contributed by atoms with Gasteiger partial charge in [0.1, 0.15) is 11.6 Å². The van der Waals surface area contributed by atoms with Gasteiger partial charge in [0.25, 0.3) is 5.91 Å². The van der Waals surface area contributed by atoms with Gasteiger partial charge >= 0.3 is 5.97 Å². The van der Waals surface area contributed by atoms with E-state index < -0.39 is 23.2 Å². The number of carbonyl (C=O) groups is 2. The SMILES string of the molecule is CCC(CC)(CC(=O)O)NC(=O)c1ccc(-c2ccccc2F)o1. The van der Waals surface area contributed by atoms with Crippen LogP contribution in [-0.2, 0) is 4.79 Å². The van der Waals surface area contributed by atoms with Crippen LogP contribution in [0.2, 0.25) is 0 Å². The Kier molecular flexibility index (Phi) is 5.39. The second-order valence-corrected chi connectivity index (χ2v) is 5.66. The third kappa shape index (κ3) is 3.82. The standard InChI is InChI=1S/C18H20FNO4/c1-3-18(4-2,11-16(21)22)20-17(23)15-10-9-14(24-15)12-7-5-6-8-13(12)19/h5-10H,3-4,11H2,1-2H3,(H,20,23)(H,21,22). The monoisotopic (exact) mass is 333 g/mol. The summed E-state index contributed by atoms with van der Waals surface area (Å²) in [5.74, 6) is -1.67. The van der Waals surface area contributed by atoms with Crippen molar-refractivity contribution in [2.45, 2.75) is 38.6 Å².